The number of H-pyrrole nitrogens is 1. The zero-order valence-corrected chi connectivity index (χ0v) is 12.3. The van der Waals surface area contributed by atoms with Crippen LogP contribution in [0.4, 0.5) is 5.95 Å². The highest BCUT2D eigenvalue weighted by Gasteiger charge is 2.22. The number of hydrogen-bond donors (Lipinski definition) is 2. The topological polar surface area (TPSA) is 118 Å². The van der Waals surface area contributed by atoms with Gasteiger partial charge in [0.25, 0.3) is 5.56 Å². The molecule has 1 rings (SSSR count). The molecule has 1 aromatic rings. The van der Waals surface area contributed by atoms with Crippen LogP contribution in [-0.2, 0) is 14.3 Å². The van der Waals surface area contributed by atoms with Gasteiger partial charge < -0.3 is 4.74 Å². The van der Waals surface area contributed by atoms with Gasteiger partial charge in [0.1, 0.15) is 5.69 Å². The molecule has 0 aliphatic heterocycles. The molecule has 2 N–H and O–H groups in total. The van der Waals surface area contributed by atoms with E-state index in [0.29, 0.717) is 0 Å². The van der Waals surface area contributed by atoms with E-state index in [9.17, 15) is 19.2 Å². The van der Waals surface area contributed by atoms with Gasteiger partial charge in [-0.05, 0) is 0 Å². The number of carbonyl (C=O) groups excluding carboxylic acids is 3. The quantitative estimate of drug-likeness (QED) is 0.617. The fourth-order valence-corrected chi connectivity index (χ4v) is 1.20. The second kappa shape index (κ2) is 6.29. The summed E-state index contributed by atoms with van der Waals surface area (Å²) in [5.74, 6) is -1.75. The van der Waals surface area contributed by atoms with Crippen molar-refractivity contribution in [2.75, 3.05) is 11.9 Å². The van der Waals surface area contributed by atoms with Crippen LogP contribution in [0.25, 0.3) is 0 Å². The van der Waals surface area contributed by atoms with Gasteiger partial charge in [0, 0.05) is 18.4 Å². The molecule has 8 nitrogen and oxygen atoms in total. The summed E-state index contributed by atoms with van der Waals surface area (Å²) in [4.78, 5) is 51.8. The molecule has 0 unspecified atom stereocenters. The summed E-state index contributed by atoms with van der Waals surface area (Å²) in [6.45, 7) is 5.72. The van der Waals surface area contributed by atoms with Crippen LogP contribution in [0, 0.1) is 5.41 Å². The lowest BCUT2D eigenvalue weighted by Crippen LogP contribution is -2.30. The Morgan fingerprint density at radius 1 is 1.33 bits per heavy atom. The Morgan fingerprint density at radius 3 is 2.48 bits per heavy atom. The van der Waals surface area contributed by atoms with Gasteiger partial charge in [-0.3, -0.25) is 29.5 Å². The molecule has 0 atom stereocenters. The monoisotopic (exact) mass is 295 g/mol. The van der Waals surface area contributed by atoms with Crippen LogP contribution < -0.4 is 10.9 Å². The fourth-order valence-electron chi connectivity index (χ4n) is 1.20. The summed E-state index contributed by atoms with van der Waals surface area (Å²) in [6.07, 6.45) is 0. The van der Waals surface area contributed by atoms with Crippen LogP contribution in [0.15, 0.2) is 10.9 Å². The number of aromatic nitrogens is 2. The minimum Gasteiger partial charge on any atom is -0.457 e. The van der Waals surface area contributed by atoms with Crippen molar-refractivity contribution < 1.29 is 19.1 Å². The number of Topliss-reactive ketones (excluding diaryl/α,β-unsaturated/α-hetero) is 1. The molecule has 0 fully saturated rings. The normalized spacial score (nSPS) is 10.9. The van der Waals surface area contributed by atoms with E-state index in [4.69, 9.17) is 0 Å². The number of nitrogens with zero attached hydrogens (tertiary/aromatic N) is 1. The fraction of sp³-hybridized carbons (Fsp3) is 0.462. The predicted octanol–water partition coefficient (Wildman–Crippen LogP) is 0.500. The molecule has 0 aromatic carbocycles. The average Bonchev–Trinajstić information content (AvgIpc) is 2.33. The Balaban J connectivity index is 2.95. The van der Waals surface area contributed by atoms with Gasteiger partial charge in [-0.2, -0.15) is 0 Å². The molecule has 0 spiro atoms. The number of carbonyl (C=O) groups is 3. The molecule has 0 saturated heterocycles. The van der Waals surface area contributed by atoms with Crippen molar-refractivity contribution in [3.05, 3.63) is 22.1 Å². The summed E-state index contributed by atoms with van der Waals surface area (Å²) >= 11 is 0. The third kappa shape index (κ3) is 5.17. The van der Waals surface area contributed by atoms with Crippen molar-refractivity contribution in [2.24, 2.45) is 5.41 Å². The molecule has 8 heteroatoms. The zero-order chi connectivity index (χ0) is 16.2. The summed E-state index contributed by atoms with van der Waals surface area (Å²) in [7, 11) is 0. The molecule has 0 aliphatic carbocycles. The van der Waals surface area contributed by atoms with Crippen LogP contribution in [0.2, 0.25) is 0 Å². The molecule has 114 valence electrons. The SMILES string of the molecule is CC(=O)OCC(=O)c1cc(=O)[nH]c(NC(=O)C(C)(C)C)n1. The van der Waals surface area contributed by atoms with Crippen LogP contribution in [-0.4, -0.2) is 34.2 Å². The molecular weight excluding hydrogens is 278 g/mol. The predicted molar refractivity (Wildman–Crippen MR) is 73.9 cm³/mol. The van der Waals surface area contributed by atoms with Crippen molar-refractivity contribution >= 4 is 23.6 Å². The standard InChI is InChI=1S/C13H17N3O5/c1-7(17)21-6-9(18)8-5-10(19)15-12(14-8)16-11(20)13(2,3)4/h5H,6H2,1-4H3,(H2,14,15,16,19,20). The Labute approximate surface area is 120 Å². The number of amides is 1. The minimum absolute atomic E-state index is 0.131. The Kier molecular flexibility index (Phi) is 4.96. The first-order chi connectivity index (χ1) is 9.59. The van der Waals surface area contributed by atoms with Crippen LogP contribution in [0.5, 0.6) is 0 Å². The highest BCUT2D eigenvalue weighted by molar-refractivity contribution is 5.97. The van der Waals surface area contributed by atoms with E-state index in [2.05, 4.69) is 20.0 Å². The maximum absolute atomic E-state index is 11.8. The molecule has 0 aliphatic rings. The van der Waals surface area contributed by atoms with E-state index in [1.807, 2.05) is 0 Å². The highest BCUT2D eigenvalue weighted by atomic mass is 16.5. The van der Waals surface area contributed by atoms with Gasteiger partial charge in [0.2, 0.25) is 17.6 Å². The summed E-state index contributed by atoms with van der Waals surface area (Å²) in [5, 5.41) is 2.42. The minimum atomic E-state index is -0.684. The van der Waals surface area contributed by atoms with Crippen molar-refractivity contribution in [1.82, 2.24) is 9.97 Å². The third-order valence-electron chi connectivity index (χ3n) is 2.35. The van der Waals surface area contributed by atoms with Gasteiger partial charge in [-0.1, -0.05) is 20.8 Å². The number of ether oxygens (including phenoxy) is 1. The van der Waals surface area contributed by atoms with E-state index >= 15 is 0 Å². The molecule has 1 aromatic heterocycles. The first-order valence-electron chi connectivity index (χ1n) is 6.19. The Morgan fingerprint density at radius 2 is 1.95 bits per heavy atom. The van der Waals surface area contributed by atoms with Gasteiger partial charge in [0.15, 0.2) is 6.61 Å². The lowest BCUT2D eigenvalue weighted by molar-refractivity contribution is -0.139. The first-order valence-corrected chi connectivity index (χ1v) is 6.19. The second-order valence-electron chi connectivity index (χ2n) is 5.39. The van der Waals surface area contributed by atoms with Gasteiger partial charge in [0.05, 0.1) is 0 Å². The molecule has 0 radical (unpaired) electrons. The molecule has 0 bridgehead atoms. The van der Waals surface area contributed by atoms with Gasteiger partial charge >= 0.3 is 5.97 Å². The number of esters is 1. The van der Waals surface area contributed by atoms with Crippen molar-refractivity contribution in [1.29, 1.82) is 0 Å². The van der Waals surface area contributed by atoms with E-state index in [1.54, 1.807) is 20.8 Å². The van der Waals surface area contributed by atoms with Crippen LogP contribution in [0.1, 0.15) is 38.2 Å². The first kappa shape index (κ1) is 16.5. The molecular formula is C13H17N3O5. The molecule has 21 heavy (non-hydrogen) atoms. The summed E-state index contributed by atoms with van der Waals surface area (Å²) in [6, 6.07) is 0.971. The summed E-state index contributed by atoms with van der Waals surface area (Å²) < 4.78 is 4.55. The third-order valence-corrected chi connectivity index (χ3v) is 2.35. The lowest BCUT2D eigenvalue weighted by atomic mass is 9.96. The van der Waals surface area contributed by atoms with Gasteiger partial charge in [-0.15, -0.1) is 0 Å². The highest BCUT2D eigenvalue weighted by Crippen LogP contribution is 2.15. The number of aromatic amines is 1. The summed E-state index contributed by atoms with van der Waals surface area (Å²) in [5.41, 5.74) is -1.47. The largest absolute Gasteiger partial charge is 0.457 e. The number of ketones is 1. The number of anilines is 1. The van der Waals surface area contributed by atoms with Gasteiger partial charge in [-0.25, -0.2) is 4.98 Å². The van der Waals surface area contributed by atoms with E-state index in [-0.39, 0.29) is 17.5 Å². The number of hydrogen-bond acceptors (Lipinski definition) is 6. The molecule has 1 amide bonds. The van der Waals surface area contributed by atoms with Crippen molar-refractivity contribution in [3.63, 3.8) is 0 Å². The molecule has 0 saturated carbocycles. The Hall–Kier alpha value is -2.51. The molecule has 1 heterocycles. The van der Waals surface area contributed by atoms with E-state index < -0.39 is 29.3 Å². The second-order valence-corrected chi connectivity index (χ2v) is 5.39. The van der Waals surface area contributed by atoms with Crippen molar-refractivity contribution in [3.8, 4) is 0 Å². The number of nitrogens with one attached hydrogen (secondary N) is 2. The average molecular weight is 295 g/mol. The van der Waals surface area contributed by atoms with E-state index in [1.165, 1.54) is 0 Å². The van der Waals surface area contributed by atoms with Crippen LogP contribution >= 0.6 is 0 Å². The number of rotatable bonds is 4. The maximum atomic E-state index is 11.8. The van der Waals surface area contributed by atoms with E-state index in [0.717, 1.165) is 13.0 Å². The zero-order valence-electron chi connectivity index (χ0n) is 12.3. The van der Waals surface area contributed by atoms with Crippen LogP contribution in [0.3, 0.4) is 0 Å². The Bertz CT molecular complexity index is 627. The smallest absolute Gasteiger partial charge is 0.303 e. The maximum Gasteiger partial charge on any atom is 0.303 e. The lowest BCUT2D eigenvalue weighted by Gasteiger charge is -2.16. The van der Waals surface area contributed by atoms with Crippen molar-refractivity contribution in [2.45, 2.75) is 27.7 Å².